The first-order valence-corrected chi connectivity index (χ1v) is 6.02. The maximum Gasteiger partial charge on any atom is 0.270 e. The number of hydrogen-bond donors (Lipinski definition) is 0. The molecule has 0 radical (unpaired) electrons. The summed E-state index contributed by atoms with van der Waals surface area (Å²) in [7, 11) is 1.91. The van der Waals surface area contributed by atoms with Crippen molar-refractivity contribution in [3.05, 3.63) is 39.9 Å². The quantitative estimate of drug-likeness (QED) is 0.439. The van der Waals surface area contributed by atoms with E-state index in [1.54, 1.807) is 12.1 Å². The molecule has 0 unspecified atom stereocenters. The number of non-ortho nitro benzene ring substituents is 1. The van der Waals surface area contributed by atoms with Crippen molar-refractivity contribution in [1.82, 2.24) is 4.90 Å². The molecule has 0 aromatic heterocycles. The number of carbonyl (C=O) groups excluding carboxylic acids is 1. The minimum atomic E-state index is -0.481. The second-order valence-electron chi connectivity index (χ2n) is 4.87. The molecule has 2 rings (SSSR count). The highest BCUT2D eigenvalue weighted by atomic mass is 16.6. The van der Waals surface area contributed by atoms with Crippen molar-refractivity contribution in [2.75, 3.05) is 20.1 Å². The molecule has 0 N–H and O–H groups in total. The molecular weight excluding hydrogens is 232 g/mol. The lowest BCUT2D eigenvalue weighted by Gasteiger charge is -2.14. The lowest BCUT2D eigenvalue weighted by molar-refractivity contribution is -0.384. The normalized spacial score (nSPS) is 14.8. The van der Waals surface area contributed by atoms with Crippen LogP contribution in [0.3, 0.4) is 0 Å². The molecule has 0 bridgehead atoms. The number of rotatable bonds is 6. The molecule has 0 aliphatic heterocycles. The van der Waals surface area contributed by atoms with Gasteiger partial charge in [-0.25, -0.2) is 0 Å². The zero-order chi connectivity index (χ0) is 13.1. The maximum atomic E-state index is 12.0. The van der Waals surface area contributed by atoms with Gasteiger partial charge >= 0.3 is 0 Å². The largest absolute Gasteiger partial charge is 0.299 e. The van der Waals surface area contributed by atoms with Crippen LogP contribution in [-0.4, -0.2) is 35.7 Å². The van der Waals surface area contributed by atoms with Gasteiger partial charge in [0.2, 0.25) is 0 Å². The van der Waals surface area contributed by atoms with Crippen LogP contribution in [0.25, 0.3) is 0 Å². The minimum Gasteiger partial charge on any atom is -0.299 e. The zero-order valence-corrected chi connectivity index (χ0v) is 10.3. The second-order valence-corrected chi connectivity index (χ2v) is 4.87. The Morgan fingerprint density at radius 3 is 2.83 bits per heavy atom. The number of benzene rings is 1. The van der Waals surface area contributed by atoms with Gasteiger partial charge in [-0.2, -0.15) is 0 Å². The van der Waals surface area contributed by atoms with Gasteiger partial charge in [-0.1, -0.05) is 12.1 Å². The molecule has 1 saturated carbocycles. The number of hydrogen-bond acceptors (Lipinski definition) is 4. The predicted molar refractivity (Wildman–Crippen MR) is 67.6 cm³/mol. The Hall–Kier alpha value is -1.75. The Balaban J connectivity index is 1.98. The van der Waals surface area contributed by atoms with E-state index in [0.717, 1.165) is 12.5 Å². The average Bonchev–Trinajstić information content (AvgIpc) is 3.12. The molecule has 0 heterocycles. The summed E-state index contributed by atoms with van der Waals surface area (Å²) in [5, 5.41) is 10.6. The van der Waals surface area contributed by atoms with Gasteiger partial charge in [0.15, 0.2) is 5.78 Å². The van der Waals surface area contributed by atoms with E-state index in [4.69, 9.17) is 0 Å². The molecule has 5 nitrogen and oxygen atoms in total. The summed E-state index contributed by atoms with van der Waals surface area (Å²) >= 11 is 0. The van der Waals surface area contributed by atoms with Crippen molar-refractivity contribution in [3.8, 4) is 0 Å². The van der Waals surface area contributed by atoms with Crippen molar-refractivity contribution >= 4 is 11.5 Å². The van der Waals surface area contributed by atoms with E-state index < -0.39 is 4.92 Å². The summed E-state index contributed by atoms with van der Waals surface area (Å²) in [5.41, 5.74) is 0.373. The predicted octanol–water partition coefficient (Wildman–Crippen LogP) is 2.12. The highest BCUT2D eigenvalue weighted by Gasteiger charge is 2.23. The third-order valence-electron chi connectivity index (χ3n) is 3.06. The highest BCUT2D eigenvalue weighted by molar-refractivity contribution is 5.98. The van der Waals surface area contributed by atoms with Crippen LogP contribution in [0.15, 0.2) is 24.3 Å². The van der Waals surface area contributed by atoms with E-state index in [9.17, 15) is 14.9 Å². The molecule has 1 aromatic rings. The number of Topliss-reactive ketones (excluding diaryl/α,β-unsaturated/α-hetero) is 1. The molecule has 1 aliphatic rings. The fourth-order valence-electron chi connectivity index (χ4n) is 1.94. The van der Waals surface area contributed by atoms with Gasteiger partial charge in [0.1, 0.15) is 0 Å². The first-order chi connectivity index (χ1) is 8.56. The van der Waals surface area contributed by atoms with Crippen LogP contribution in [0.4, 0.5) is 5.69 Å². The maximum absolute atomic E-state index is 12.0. The molecule has 0 amide bonds. The molecule has 18 heavy (non-hydrogen) atoms. The molecule has 1 fully saturated rings. The van der Waals surface area contributed by atoms with Crippen LogP contribution >= 0.6 is 0 Å². The first kappa shape index (κ1) is 12.7. The highest BCUT2D eigenvalue weighted by Crippen LogP contribution is 2.29. The van der Waals surface area contributed by atoms with Gasteiger partial charge in [-0.15, -0.1) is 0 Å². The number of ketones is 1. The summed E-state index contributed by atoms with van der Waals surface area (Å²) in [5.74, 6) is 0.662. The van der Waals surface area contributed by atoms with Crippen molar-refractivity contribution < 1.29 is 9.72 Å². The summed E-state index contributed by atoms with van der Waals surface area (Å²) in [6.07, 6.45) is 2.49. The van der Waals surface area contributed by atoms with Crippen molar-refractivity contribution in [2.24, 2.45) is 5.92 Å². The summed E-state index contributed by atoms with van der Waals surface area (Å²) < 4.78 is 0. The summed E-state index contributed by atoms with van der Waals surface area (Å²) in [4.78, 5) is 24.1. The molecule has 0 atom stereocenters. The molecule has 0 saturated heterocycles. The molecule has 96 valence electrons. The Morgan fingerprint density at radius 2 is 2.22 bits per heavy atom. The van der Waals surface area contributed by atoms with Crippen LogP contribution in [0.2, 0.25) is 0 Å². The van der Waals surface area contributed by atoms with E-state index in [2.05, 4.69) is 0 Å². The fraction of sp³-hybridized carbons (Fsp3) is 0.462. The number of nitrogens with zero attached hydrogens (tertiary/aromatic N) is 2. The van der Waals surface area contributed by atoms with Gasteiger partial charge in [0, 0.05) is 24.2 Å². The van der Waals surface area contributed by atoms with Gasteiger partial charge in [-0.3, -0.25) is 19.8 Å². The Kier molecular flexibility index (Phi) is 3.72. The lowest BCUT2D eigenvalue weighted by atomic mass is 10.1. The number of likely N-dealkylation sites (N-methyl/N-ethyl adjacent to an activating group) is 1. The third kappa shape index (κ3) is 3.37. The van der Waals surface area contributed by atoms with Crippen LogP contribution in [0.5, 0.6) is 0 Å². The van der Waals surface area contributed by atoms with E-state index >= 15 is 0 Å². The molecular formula is C13H16N2O3. The van der Waals surface area contributed by atoms with Crippen molar-refractivity contribution in [3.63, 3.8) is 0 Å². The Bertz CT molecular complexity index is 469. The topological polar surface area (TPSA) is 63.5 Å². The molecule has 1 aromatic carbocycles. The van der Waals surface area contributed by atoms with Gasteiger partial charge < -0.3 is 0 Å². The lowest BCUT2D eigenvalue weighted by Crippen LogP contribution is -2.27. The molecule has 5 heteroatoms. The van der Waals surface area contributed by atoms with Crippen LogP contribution in [0.1, 0.15) is 23.2 Å². The van der Waals surface area contributed by atoms with E-state index in [-0.39, 0.29) is 11.5 Å². The standard InChI is InChI=1S/C13H16N2O3/c1-14(8-10-5-6-10)9-13(16)11-3-2-4-12(7-11)15(17)18/h2-4,7,10H,5-6,8-9H2,1H3. The Morgan fingerprint density at radius 1 is 1.50 bits per heavy atom. The van der Waals surface area contributed by atoms with Crippen molar-refractivity contribution in [2.45, 2.75) is 12.8 Å². The third-order valence-corrected chi connectivity index (χ3v) is 3.06. The van der Waals surface area contributed by atoms with Crippen LogP contribution < -0.4 is 0 Å². The monoisotopic (exact) mass is 248 g/mol. The van der Waals surface area contributed by atoms with Crippen LogP contribution in [0, 0.1) is 16.0 Å². The fourth-order valence-corrected chi connectivity index (χ4v) is 1.94. The number of nitro groups is 1. The van der Waals surface area contributed by atoms with E-state index in [0.29, 0.717) is 12.1 Å². The van der Waals surface area contributed by atoms with Gasteiger partial charge in [0.05, 0.1) is 11.5 Å². The molecule has 1 aliphatic carbocycles. The van der Waals surface area contributed by atoms with Crippen LogP contribution in [-0.2, 0) is 0 Å². The first-order valence-electron chi connectivity index (χ1n) is 6.02. The van der Waals surface area contributed by atoms with E-state index in [1.807, 2.05) is 11.9 Å². The van der Waals surface area contributed by atoms with E-state index in [1.165, 1.54) is 25.0 Å². The van der Waals surface area contributed by atoms with Gasteiger partial charge in [-0.05, 0) is 25.8 Å². The summed E-state index contributed by atoms with van der Waals surface area (Å²) in [6.45, 7) is 1.25. The zero-order valence-electron chi connectivity index (χ0n) is 10.3. The smallest absolute Gasteiger partial charge is 0.270 e. The van der Waals surface area contributed by atoms with Gasteiger partial charge in [0.25, 0.3) is 5.69 Å². The number of nitro benzene ring substituents is 1. The summed E-state index contributed by atoms with van der Waals surface area (Å²) in [6, 6.07) is 5.91. The SMILES string of the molecule is CN(CC(=O)c1cccc([N+](=O)[O-])c1)CC1CC1. The minimum absolute atomic E-state index is 0.0364. The Labute approximate surface area is 106 Å². The average molecular weight is 248 g/mol. The second kappa shape index (κ2) is 5.27. The number of carbonyl (C=O) groups is 1. The van der Waals surface area contributed by atoms with Crippen molar-refractivity contribution in [1.29, 1.82) is 0 Å². The molecule has 0 spiro atoms.